The van der Waals surface area contributed by atoms with Crippen LogP contribution in [0.3, 0.4) is 0 Å². The molecule has 0 unspecified atom stereocenters. The van der Waals surface area contributed by atoms with Crippen molar-refractivity contribution in [3.05, 3.63) is 35.0 Å². The number of benzene rings is 1. The van der Waals surface area contributed by atoms with E-state index < -0.39 is 0 Å². The second kappa shape index (κ2) is 8.63. The van der Waals surface area contributed by atoms with Gasteiger partial charge in [0.2, 0.25) is 5.91 Å². The summed E-state index contributed by atoms with van der Waals surface area (Å²) in [5, 5.41) is 4.63. The molecule has 0 bridgehead atoms. The number of methoxy groups -OCH3 is 1. The lowest BCUT2D eigenvalue weighted by molar-refractivity contribution is -0.137. The number of aromatic nitrogens is 1. The van der Waals surface area contributed by atoms with Gasteiger partial charge in [-0.15, -0.1) is 0 Å². The van der Waals surface area contributed by atoms with Gasteiger partial charge < -0.3 is 24.8 Å². The quantitative estimate of drug-likeness (QED) is 0.821. The molecule has 146 valence electrons. The van der Waals surface area contributed by atoms with Crippen LogP contribution in [0.5, 0.6) is 0 Å². The average Bonchev–Trinajstić information content (AvgIpc) is 3.07. The number of hydrogen-bond acceptors (Lipinski definition) is 3. The Hall–Kier alpha value is -2.25. The maximum Gasteiger partial charge on any atom is 0.317 e. The topological polar surface area (TPSA) is 77.7 Å². The summed E-state index contributed by atoms with van der Waals surface area (Å²) in [5.41, 5.74) is 1.89. The normalized spacial score (nSPS) is 17.1. The van der Waals surface area contributed by atoms with Crippen molar-refractivity contribution in [2.24, 2.45) is 0 Å². The molecule has 3 rings (SSSR count). The van der Waals surface area contributed by atoms with Crippen LogP contribution in [0.25, 0.3) is 10.9 Å². The molecular weight excluding hydrogens is 368 g/mol. The molecule has 1 atom stereocenters. The van der Waals surface area contributed by atoms with E-state index in [0.29, 0.717) is 24.7 Å². The summed E-state index contributed by atoms with van der Waals surface area (Å²) in [6.07, 6.45) is 1.76. The SMILES string of the molecule is COCC(=O)N1CCC[C@@H](N(C)C(=O)NCc2cc3cc(Cl)ccc3[nH]2)C1. The first-order valence-electron chi connectivity index (χ1n) is 9.02. The molecule has 0 spiro atoms. The van der Waals surface area contributed by atoms with E-state index in [1.54, 1.807) is 16.8 Å². The second-order valence-electron chi connectivity index (χ2n) is 6.86. The van der Waals surface area contributed by atoms with Gasteiger partial charge in [0.25, 0.3) is 0 Å². The fourth-order valence-electron chi connectivity index (χ4n) is 3.43. The van der Waals surface area contributed by atoms with Crippen molar-refractivity contribution in [2.45, 2.75) is 25.4 Å². The Morgan fingerprint density at radius 3 is 3.00 bits per heavy atom. The van der Waals surface area contributed by atoms with E-state index in [1.165, 1.54) is 7.11 Å². The lowest BCUT2D eigenvalue weighted by Crippen LogP contribution is -2.53. The number of nitrogens with zero attached hydrogens (tertiary/aromatic N) is 2. The third-order valence-electron chi connectivity index (χ3n) is 4.95. The van der Waals surface area contributed by atoms with Gasteiger partial charge in [-0.2, -0.15) is 0 Å². The van der Waals surface area contributed by atoms with E-state index in [1.807, 2.05) is 24.3 Å². The molecule has 1 aromatic carbocycles. The number of nitrogens with one attached hydrogen (secondary N) is 2. The van der Waals surface area contributed by atoms with Crippen LogP contribution in [0.2, 0.25) is 5.02 Å². The number of carbonyl (C=O) groups excluding carboxylic acids is 2. The van der Waals surface area contributed by atoms with Crippen molar-refractivity contribution in [1.29, 1.82) is 0 Å². The van der Waals surface area contributed by atoms with Crippen molar-refractivity contribution in [1.82, 2.24) is 20.1 Å². The van der Waals surface area contributed by atoms with E-state index in [9.17, 15) is 9.59 Å². The standard InChI is InChI=1S/C19H25ClN4O3/c1-23(16-4-3-7-24(11-16)18(25)12-27-2)19(26)21-10-15-9-13-8-14(20)5-6-17(13)22-15/h5-6,8-9,16,22H,3-4,7,10-12H2,1-2H3,(H,21,26)/t16-/m1/s1. The molecule has 0 aliphatic carbocycles. The summed E-state index contributed by atoms with van der Waals surface area (Å²) < 4.78 is 4.92. The number of amides is 3. The first-order valence-corrected chi connectivity index (χ1v) is 9.40. The molecular formula is C19H25ClN4O3. The van der Waals surface area contributed by atoms with Gasteiger partial charge in [0.05, 0.1) is 12.6 Å². The Balaban J connectivity index is 1.55. The largest absolute Gasteiger partial charge is 0.375 e. The van der Waals surface area contributed by atoms with Gasteiger partial charge in [0.15, 0.2) is 0 Å². The van der Waals surface area contributed by atoms with Crippen molar-refractivity contribution in [2.75, 3.05) is 33.9 Å². The fraction of sp³-hybridized carbons (Fsp3) is 0.474. The molecule has 0 radical (unpaired) electrons. The van der Waals surface area contributed by atoms with Crippen LogP contribution in [-0.4, -0.2) is 66.6 Å². The molecule has 1 aliphatic heterocycles. The smallest absolute Gasteiger partial charge is 0.317 e. The molecule has 7 nitrogen and oxygen atoms in total. The van der Waals surface area contributed by atoms with Gasteiger partial charge >= 0.3 is 6.03 Å². The lowest BCUT2D eigenvalue weighted by Gasteiger charge is -2.37. The summed E-state index contributed by atoms with van der Waals surface area (Å²) in [7, 11) is 3.28. The lowest BCUT2D eigenvalue weighted by atomic mass is 10.0. The predicted octanol–water partition coefficient (Wildman–Crippen LogP) is 2.60. The molecule has 8 heteroatoms. The Morgan fingerprint density at radius 2 is 2.22 bits per heavy atom. The highest BCUT2D eigenvalue weighted by atomic mass is 35.5. The van der Waals surface area contributed by atoms with E-state index in [0.717, 1.165) is 29.4 Å². The number of urea groups is 1. The van der Waals surface area contributed by atoms with Gasteiger partial charge in [0.1, 0.15) is 6.61 Å². The maximum atomic E-state index is 12.5. The van der Waals surface area contributed by atoms with Crippen LogP contribution in [0.1, 0.15) is 18.5 Å². The molecule has 3 amide bonds. The molecule has 0 saturated carbocycles. The predicted molar refractivity (Wildman–Crippen MR) is 105 cm³/mol. The third-order valence-corrected chi connectivity index (χ3v) is 5.19. The average molecular weight is 393 g/mol. The van der Waals surface area contributed by atoms with Gasteiger partial charge in [-0.05, 0) is 37.1 Å². The summed E-state index contributed by atoms with van der Waals surface area (Å²) in [4.78, 5) is 31.3. The molecule has 27 heavy (non-hydrogen) atoms. The summed E-state index contributed by atoms with van der Waals surface area (Å²) >= 11 is 6.01. The number of ether oxygens (including phenoxy) is 1. The Morgan fingerprint density at radius 1 is 1.41 bits per heavy atom. The molecule has 1 saturated heterocycles. The monoisotopic (exact) mass is 392 g/mol. The van der Waals surface area contributed by atoms with Crippen LogP contribution >= 0.6 is 11.6 Å². The van der Waals surface area contributed by atoms with Crippen molar-refractivity contribution >= 4 is 34.4 Å². The van der Waals surface area contributed by atoms with E-state index >= 15 is 0 Å². The number of likely N-dealkylation sites (N-methyl/N-ethyl adjacent to an activating group) is 1. The Kier molecular flexibility index (Phi) is 6.23. The number of halogens is 1. The van der Waals surface area contributed by atoms with E-state index in [4.69, 9.17) is 16.3 Å². The molecule has 2 N–H and O–H groups in total. The van der Waals surface area contributed by atoms with Crippen molar-refractivity contribution < 1.29 is 14.3 Å². The zero-order valence-corrected chi connectivity index (χ0v) is 16.4. The number of fused-ring (bicyclic) bond motifs is 1. The van der Waals surface area contributed by atoms with Crippen LogP contribution in [-0.2, 0) is 16.1 Å². The highest BCUT2D eigenvalue weighted by Crippen LogP contribution is 2.20. The molecule has 2 heterocycles. The highest BCUT2D eigenvalue weighted by Gasteiger charge is 2.28. The molecule has 2 aromatic rings. The van der Waals surface area contributed by atoms with Gasteiger partial charge in [-0.3, -0.25) is 4.79 Å². The zero-order chi connectivity index (χ0) is 19.4. The van der Waals surface area contributed by atoms with Crippen LogP contribution in [0, 0.1) is 0 Å². The zero-order valence-electron chi connectivity index (χ0n) is 15.6. The molecule has 1 aliphatic rings. The number of rotatable bonds is 5. The van der Waals surface area contributed by atoms with Crippen LogP contribution < -0.4 is 5.32 Å². The number of aromatic amines is 1. The van der Waals surface area contributed by atoms with Gasteiger partial charge in [-0.1, -0.05) is 11.6 Å². The second-order valence-corrected chi connectivity index (χ2v) is 7.30. The molecule has 1 fully saturated rings. The number of hydrogen-bond donors (Lipinski definition) is 2. The van der Waals surface area contributed by atoms with Crippen LogP contribution in [0.15, 0.2) is 24.3 Å². The Bertz CT molecular complexity index is 822. The number of H-pyrrole nitrogens is 1. The summed E-state index contributed by atoms with van der Waals surface area (Å²) in [6, 6.07) is 7.46. The van der Waals surface area contributed by atoms with E-state index in [-0.39, 0.29) is 24.6 Å². The first-order chi connectivity index (χ1) is 13.0. The first kappa shape index (κ1) is 19.5. The highest BCUT2D eigenvalue weighted by molar-refractivity contribution is 6.31. The number of likely N-dealkylation sites (tertiary alicyclic amines) is 1. The molecule has 1 aromatic heterocycles. The fourth-order valence-corrected chi connectivity index (χ4v) is 3.61. The van der Waals surface area contributed by atoms with Crippen molar-refractivity contribution in [3.8, 4) is 0 Å². The van der Waals surface area contributed by atoms with Gasteiger partial charge in [-0.25, -0.2) is 4.79 Å². The maximum absolute atomic E-state index is 12.5. The van der Waals surface area contributed by atoms with Crippen molar-refractivity contribution in [3.63, 3.8) is 0 Å². The van der Waals surface area contributed by atoms with Crippen LogP contribution in [0.4, 0.5) is 4.79 Å². The summed E-state index contributed by atoms with van der Waals surface area (Å²) in [6.45, 7) is 1.73. The third kappa shape index (κ3) is 4.73. The van der Waals surface area contributed by atoms with Gasteiger partial charge in [0, 0.05) is 48.9 Å². The minimum Gasteiger partial charge on any atom is -0.375 e. The minimum atomic E-state index is -0.155. The van der Waals surface area contributed by atoms with E-state index in [2.05, 4.69) is 10.3 Å². The number of piperidine rings is 1. The summed E-state index contributed by atoms with van der Waals surface area (Å²) in [5.74, 6) is -0.0345. The number of carbonyl (C=O) groups is 2. The Labute approximate surface area is 163 Å². The minimum absolute atomic E-state index is 0.000997.